The largest absolute Gasteiger partial charge is 0.481 e. The standard InChI is InChI=1S/C16H17FN4O3/c1-10(22)20-12-3-4-13(17)14(8-12)21-16(23)19-9-11-5-6-18-15(7-11)24-2/h3-8H,9H2,1-2H3,(H,20,22)(H2,19,21,23). The van der Waals surface area contributed by atoms with E-state index in [0.29, 0.717) is 11.6 Å². The van der Waals surface area contributed by atoms with Crippen LogP contribution in [0.4, 0.5) is 20.6 Å². The quantitative estimate of drug-likeness (QED) is 0.784. The first kappa shape index (κ1) is 17.2. The fraction of sp³-hybridized carbons (Fsp3) is 0.188. The van der Waals surface area contributed by atoms with Crippen LogP contribution in [0.5, 0.6) is 5.88 Å². The number of nitrogens with one attached hydrogen (secondary N) is 3. The van der Waals surface area contributed by atoms with Gasteiger partial charge in [-0.25, -0.2) is 14.2 Å². The number of nitrogens with zero attached hydrogens (tertiary/aromatic N) is 1. The maximum absolute atomic E-state index is 13.7. The molecule has 0 aliphatic heterocycles. The second-order valence-electron chi connectivity index (χ2n) is 4.89. The zero-order chi connectivity index (χ0) is 17.5. The van der Waals surface area contributed by atoms with Crippen molar-refractivity contribution in [3.63, 3.8) is 0 Å². The van der Waals surface area contributed by atoms with Crippen molar-refractivity contribution < 1.29 is 18.7 Å². The average molecular weight is 332 g/mol. The SMILES string of the molecule is COc1cc(CNC(=O)Nc2cc(NC(C)=O)ccc2F)ccn1. The molecule has 0 radical (unpaired) electrons. The number of benzene rings is 1. The Morgan fingerprint density at radius 3 is 2.71 bits per heavy atom. The zero-order valence-corrected chi connectivity index (χ0v) is 13.2. The second kappa shape index (κ2) is 7.91. The van der Waals surface area contributed by atoms with Crippen LogP contribution < -0.4 is 20.7 Å². The molecule has 3 amide bonds. The zero-order valence-electron chi connectivity index (χ0n) is 13.2. The van der Waals surface area contributed by atoms with Gasteiger partial charge in [0.25, 0.3) is 0 Å². The van der Waals surface area contributed by atoms with E-state index in [1.807, 2.05) is 0 Å². The van der Waals surface area contributed by atoms with E-state index in [0.717, 1.165) is 11.6 Å². The fourth-order valence-corrected chi connectivity index (χ4v) is 1.92. The molecule has 3 N–H and O–H groups in total. The van der Waals surface area contributed by atoms with Gasteiger partial charge in [-0.15, -0.1) is 0 Å². The number of methoxy groups -OCH3 is 1. The lowest BCUT2D eigenvalue weighted by Crippen LogP contribution is -2.28. The van der Waals surface area contributed by atoms with Crippen LogP contribution in [0.2, 0.25) is 0 Å². The number of pyridine rings is 1. The number of hydrogen-bond acceptors (Lipinski definition) is 4. The Labute approximate surface area is 138 Å². The highest BCUT2D eigenvalue weighted by Gasteiger charge is 2.09. The van der Waals surface area contributed by atoms with Crippen molar-refractivity contribution in [3.8, 4) is 5.88 Å². The average Bonchev–Trinajstić information content (AvgIpc) is 2.56. The lowest BCUT2D eigenvalue weighted by atomic mass is 10.2. The molecule has 0 bridgehead atoms. The van der Waals surface area contributed by atoms with Crippen LogP contribution in [0.3, 0.4) is 0 Å². The number of aromatic nitrogens is 1. The summed E-state index contributed by atoms with van der Waals surface area (Å²) in [4.78, 5) is 26.9. The molecule has 1 aromatic heterocycles. The van der Waals surface area contributed by atoms with Crippen LogP contribution in [-0.4, -0.2) is 24.0 Å². The van der Waals surface area contributed by atoms with Crippen LogP contribution in [0.1, 0.15) is 12.5 Å². The molecule has 0 fully saturated rings. The molecule has 0 aliphatic carbocycles. The first-order valence-electron chi connectivity index (χ1n) is 7.09. The Morgan fingerprint density at radius 2 is 2.00 bits per heavy atom. The summed E-state index contributed by atoms with van der Waals surface area (Å²) >= 11 is 0. The van der Waals surface area contributed by atoms with E-state index >= 15 is 0 Å². The maximum atomic E-state index is 13.7. The van der Waals surface area contributed by atoms with Crippen molar-refractivity contribution in [3.05, 3.63) is 47.9 Å². The van der Waals surface area contributed by atoms with Gasteiger partial charge in [-0.05, 0) is 29.8 Å². The van der Waals surface area contributed by atoms with Crippen LogP contribution in [-0.2, 0) is 11.3 Å². The summed E-state index contributed by atoms with van der Waals surface area (Å²) in [6.45, 7) is 1.56. The van der Waals surface area contributed by atoms with Crippen LogP contribution >= 0.6 is 0 Å². The molecule has 0 atom stereocenters. The monoisotopic (exact) mass is 332 g/mol. The third-order valence-electron chi connectivity index (χ3n) is 3.00. The molecule has 1 aromatic carbocycles. The number of halogens is 1. The molecule has 1 heterocycles. The Kier molecular flexibility index (Phi) is 5.67. The summed E-state index contributed by atoms with van der Waals surface area (Å²) in [5.74, 6) is -0.461. The van der Waals surface area contributed by atoms with E-state index in [1.165, 1.54) is 26.2 Å². The highest BCUT2D eigenvalue weighted by molar-refractivity contribution is 5.92. The molecule has 126 valence electrons. The van der Waals surface area contributed by atoms with Crippen LogP contribution in [0.25, 0.3) is 0 Å². The van der Waals surface area contributed by atoms with Gasteiger partial charge in [-0.1, -0.05) is 0 Å². The molecule has 8 heteroatoms. The van der Waals surface area contributed by atoms with Gasteiger partial charge >= 0.3 is 6.03 Å². The second-order valence-corrected chi connectivity index (χ2v) is 4.89. The normalized spacial score (nSPS) is 9.96. The molecule has 7 nitrogen and oxygen atoms in total. The molecule has 0 unspecified atom stereocenters. The third-order valence-corrected chi connectivity index (χ3v) is 3.00. The van der Waals surface area contributed by atoms with Gasteiger partial charge < -0.3 is 20.7 Å². The smallest absolute Gasteiger partial charge is 0.319 e. The van der Waals surface area contributed by atoms with Crippen molar-refractivity contribution in [1.82, 2.24) is 10.3 Å². The summed E-state index contributed by atoms with van der Waals surface area (Å²) in [6.07, 6.45) is 1.56. The predicted octanol–water partition coefficient (Wildman–Crippen LogP) is 2.51. The van der Waals surface area contributed by atoms with E-state index < -0.39 is 11.8 Å². The Balaban J connectivity index is 1.97. The number of amides is 3. The molecule has 0 saturated carbocycles. The summed E-state index contributed by atoms with van der Waals surface area (Å²) in [5, 5.41) is 7.52. The van der Waals surface area contributed by atoms with Crippen molar-refractivity contribution >= 4 is 23.3 Å². The van der Waals surface area contributed by atoms with Gasteiger partial charge in [0, 0.05) is 31.4 Å². The minimum absolute atomic E-state index is 0.0361. The van der Waals surface area contributed by atoms with Crippen LogP contribution in [0.15, 0.2) is 36.5 Å². The summed E-state index contributed by atoms with van der Waals surface area (Å²) in [6, 6.07) is 6.73. The van der Waals surface area contributed by atoms with E-state index in [1.54, 1.807) is 18.3 Å². The molecular formula is C16H17FN4O3. The first-order valence-corrected chi connectivity index (χ1v) is 7.09. The van der Waals surface area contributed by atoms with E-state index in [4.69, 9.17) is 4.74 Å². The van der Waals surface area contributed by atoms with Crippen molar-refractivity contribution in [1.29, 1.82) is 0 Å². The molecule has 0 aliphatic rings. The number of urea groups is 1. The number of carbonyl (C=O) groups is 2. The lowest BCUT2D eigenvalue weighted by Gasteiger charge is -2.10. The van der Waals surface area contributed by atoms with E-state index in [9.17, 15) is 14.0 Å². The summed E-state index contributed by atoms with van der Waals surface area (Å²) < 4.78 is 18.7. The number of rotatable bonds is 5. The first-order chi connectivity index (χ1) is 11.5. The molecular weight excluding hydrogens is 315 g/mol. The number of ether oxygens (including phenoxy) is 1. The Bertz CT molecular complexity index is 752. The molecule has 24 heavy (non-hydrogen) atoms. The van der Waals surface area contributed by atoms with Crippen molar-refractivity contribution in [2.24, 2.45) is 0 Å². The number of hydrogen-bond donors (Lipinski definition) is 3. The molecule has 2 aromatic rings. The summed E-state index contributed by atoms with van der Waals surface area (Å²) in [7, 11) is 1.50. The van der Waals surface area contributed by atoms with E-state index in [2.05, 4.69) is 20.9 Å². The third kappa shape index (κ3) is 4.94. The van der Waals surface area contributed by atoms with Crippen molar-refractivity contribution in [2.75, 3.05) is 17.7 Å². The van der Waals surface area contributed by atoms with Crippen molar-refractivity contribution in [2.45, 2.75) is 13.5 Å². The molecule has 0 saturated heterocycles. The highest BCUT2D eigenvalue weighted by atomic mass is 19.1. The van der Waals surface area contributed by atoms with Gasteiger partial charge in [0.05, 0.1) is 12.8 Å². The van der Waals surface area contributed by atoms with Gasteiger partial charge in [0.1, 0.15) is 5.82 Å². The van der Waals surface area contributed by atoms with Gasteiger partial charge in [-0.2, -0.15) is 0 Å². The fourth-order valence-electron chi connectivity index (χ4n) is 1.92. The number of carbonyl (C=O) groups excluding carboxylic acids is 2. The summed E-state index contributed by atoms with van der Waals surface area (Å²) in [5.41, 5.74) is 1.13. The molecule has 0 spiro atoms. The van der Waals surface area contributed by atoms with Gasteiger partial charge in [0.2, 0.25) is 11.8 Å². The highest BCUT2D eigenvalue weighted by Crippen LogP contribution is 2.19. The predicted molar refractivity (Wildman–Crippen MR) is 87.4 cm³/mol. The minimum Gasteiger partial charge on any atom is -0.481 e. The van der Waals surface area contributed by atoms with E-state index in [-0.39, 0.29) is 18.1 Å². The van der Waals surface area contributed by atoms with Gasteiger partial charge in [-0.3, -0.25) is 4.79 Å². The topological polar surface area (TPSA) is 92.4 Å². The number of anilines is 2. The molecule has 2 rings (SSSR count). The maximum Gasteiger partial charge on any atom is 0.319 e. The van der Waals surface area contributed by atoms with Gasteiger partial charge in [0.15, 0.2) is 0 Å². The van der Waals surface area contributed by atoms with Crippen LogP contribution in [0, 0.1) is 5.82 Å². The Hall–Kier alpha value is -3.16. The minimum atomic E-state index is -0.607. The lowest BCUT2D eigenvalue weighted by molar-refractivity contribution is -0.114. The Morgan fingerprint density at radius 1 is 1.21 bits per heavy atom.